The average Bonchev–Trinajstić information content (AvgIpc) is 3.17. The number of rotatable bonds is 4. The van der Waals surface area contributed by atoms with Gasteiger partial charge in [0.15, 0.2) is 5.82 Å². The molecule has 1 saturated heterocycles. The molecule has 10 heteroatoms. The Balaban J connectivity index is 1.90. The molecule has 1 aliphatic heterocycles. The number of nitrogens with zero attached hydrogens (tertiary/aromatic N) is 4. The molecule has 0 aliphatic carbocycles. The maximum absolute atomic E-state index is 13.8. The zero-order valence-corrected chi connectivity index (χ0v) is 12.5. The molecule has 0 N–H and O–H groups in total. The lowest BCUT2D eigenvalue weighted by Gasteiger charge is -2.20. The standard InChI is InChI=1S/C13H14F2N4O4/c1-7-8(4-22-17-7)12(20)19-6-13(14,15)3-9(19)11-16-10(5-21-2)18-23-11/h4,9H,3,5-6H2,1-2H3/t9-/m0/s1. The van der Waals surface area contributed by atoms with E-state index < -0.39 is 30.8 Å². The Bertz CT molecular complexity index is 714. The highest BCUT2D eigenvalue weighted by atomic mass is 19.3. The topological polar surface area (TPSA) is 94.5 Å². The van der Waals surface area contributed by atoms with Gasteiger partial charge in [-0.25, -0.2) is 8.78 Å². The Morgan fingerprint density at radius 3 is 2.96 bits per heavy atom. The van der Waals surface area contributed by atoms with Crippen LogP contribution in [0.4, 0.5) is 8.78 Å². The normalized spacial score (nSPS) is 20.2. The molecule has 0 spiro atoms. The van der Waals surface area contributed by atoms with Gasteiger partial charge in [-0.2, -0.15) is 4.98 Å². The molecule has 0 radical (unpaired) electrons. The molecule has 23 heavy (non-hydrogen) atoms. The van der Waals surface area contributed by atoms with Crippen LogP contribution < -0.4 is 0 Å². The minimum atomic E-state index is -3.04. The summed E-state index contributed by atoms with van der Waals surface area (Å²) in [7, 11) is 1.45. The average molecular weight is 328 g/mol. The van der Waals surface area contributed by atoms with E-state index in [2.05, 4.69) is 15.3 Å². The Labute approximate surface area is 129 Å². The largest absolute Gasteiger partial charge is 0.377 e. The Hall–Kier alpha value is -2.36. The smallest absolute Gasteiger partial charge is 0.267 e. The lowest BCUT2D eigenvalue weighted by atomic mass is 10.1. The van der Waals surface area contributed by atoms with E-state index in [4.69, 9.17) is 13.8 Å². The van der Waals surface area contributed by atoms with Crippen molar-refractivity contribution < 1.29 is 27.4 Å². The quantitative estimate of drug-likeness (QED) is 0.843. The van der Waals surface area contributed by atoms with Crippen LogP contribution in [-0.2, 0) is 11.3 Å². The Morgan fingerprint density at radius 2 is 2.30 bits per heavy atom. The van der Waals surface area contributed by atoms with Crippen molar-refractivity contribution in [3.8, 4) is 0 Å². The zero-order valence-electron chi connectivity index (χ0n) is 12.5. The predicted octanol–water partition coefficient (Wildman–Crippen LogP) is 1.73. The van der Waals surface area contributed by atoms with Gasteiger partial charge in [0.05, 0.1) is 12.2 Å². The third kappa shape index (κ3) is 2.93. The van der Waals surface area contributed by atoms with E-state index in [1.54, 1.807) is 6.92 Å². The van der Waals surface area contributed by atoms with E-state index in [0.717, 1.165) is 11.2 Å². The van der Waals surface area contributed by atoms with Crippen molar-refractivity contribution in [2.45, 2.75) is 31.9 Å². The number of hydrogen-bond acceptors (Lipinski definition) is 7. The number of ether oxygens (including phenoxy) is 1. The van der Waals surface area contributed by atoms with Crippen molar-refractivity contribution in [2.24, 2.45) is 0 Å². The maximum atomic E-state index is 13.8. The molecule has 1 fully saturated rings. The van der Waals surface area contributed by atoms with Crippen LogP contribution >= 0.6 is 0 Å². The number of hydrogen-bond donors (Lipinski definition) is 0. The molecule has 2 aromatic rings. The van der Waals surface area contributed by atoms with E-state index in [9.17, 15) is 13.6 Å². The third-order valence-corrected chi connectivity index (χ3v) is 3.55. The van der Waals surface area contributed by atoms with Crippen LogP contribution in [0, 0.1) is 6.92 Å². The highest BCUT2D eigenvalue weighted by Crippen LogP contribution is 2.41. The number of carbonyl (C=O) groups excluding carboxylic acids is 1. The summed E-state index contributed by atoms with van der Waals surface area (Å²) in [4.78, 5) is 17.5. The summed E-state index contributed by atoms with van der Waals surface area (Å²) in [5.41, 5.74) is 0.457. The lowest BCUT2D eigenvalue weighted by molar-refractivity contribution is 0.0116. The molecule has 0 aromatic carbocycles. The van der Waals surface area contributed by atoms with Crippen LogP contribution in [0.25, 0.3) is 0 Å². The van der Waals surface area contributed by atoms with Crippen molar-refractivity contribution >= 4 is 5.91 Å². The first kappa shape index (κ1) is 15.5. The van der Waals surface area contributed by atoms with Gasteiger partial charge in [-0.3, -0.25) is 4.79 Å². The van der Waals surface area contributed by atoms with Crippen molar-refractivity contribution in [3.63, 3.8) is 0 Å². The molecule has 3 heterocycles. The van der Waals surface area contributed by atoms with Gasteiger partial charge in [-0.1, -0.05) is 10.3 Å². The van der Waals surface area contributed by atoms with Gasteiger partial charge in [0.1, 0.15) is 24.5 Å². The molecule has 8 nitrogen and oxygen atoms in total. The van der Waals surface area contributed by atoms with Crippen molar-refractivity contribution in [1.29, 1.82) is 0 Å². The minimum Gasteiger partial charge on any atom is -0.377 e. The number of amides is 1. The van der Waals surface area contributed by atoms with E-state index in [0.29, 0.717) is 5.69 Å². The van der Waals surface area contributed by atoms with E-state index >= 15 is 0 Å². The van der Waals surface area contributed by atoms with Gasteiger partial charge in [-0.05, 0) is 6.92 Å². The fourth-order valence-corrected chi connectivity index (χ4v) is 2.49. The van der Waals surface area contributed by atoms with Crippen LogP contribution in [0.3, 0.4) is 0 Å². The number of carbonyl (C=O) groups is 1. The monoisotopic (exact) mass is 328 g/mol. The number of likely N-dealkylation sites (tertiary alicyclic amines) is 1. The van der Waals surface area contributed by atoms with Gasteiger partial charge >= 0.3 is 0 Å². The first-order chi connectivity index (χ1) is 10.9. The fraction of sp³-hybridized carbons (Fsp3) is 0.538. The number of methoxy groups -OCH3 is 1. The van der Waals surface area contributed by atoms with Crippen LogP contribution in [0.5, 0.6) is 0 Å². The number of aromatic nitrogens is 3. The summed E-state index contributed by atoms with van der Waals surface area (Å²) >= 11 is 0. The van der Waals surface area contributed by atoms with Crippen LogP contribution in [0.1, 0.15) is 40.2 Å². The van der Waals surface area contributed by atoms with Crippen LogP contribution in [0.15, 0.2) is 15.3 Å². The van der Waals surface area contributed by atoms with Gasteiger partial charge in [-0.15, -0.1) is 0 Å². The lowest BCUT2D eigenvalue weighted by Crippen LogP contribution is -2.33. The Kier molecular flexibility index (Phi) is 3.84. The predicted molar refractivity (Wildman–Crippen MR) is 69.6 cm³/mol. The number of halogens is 2. The summed E-state index contributed by atoms with van der Waals surface area (Å²) < 4.78 is 42.3. The Morgan fingerprint density at radius 1 is 1.52 bits per heavy atom. The highest BCUT2D eigenvalue weighted by molar-refractivity contribution is 5.95. The third-order valence-electron chi connectivity index (χ3n) is 3.55. The molecular weight excluding hydrogens is 314 g/mol. The second-order valence-electron chi connectivity index (χ2n) is 5.30. The van der Waals surface area contributed by atoms with Crippen molar-refractivity contribution in [2.75, 3.05) is 13.7 Å². The van der Waals surface area contributed by atoms with Gasteiger partial charge in [0, 0.05) is 13.5 Å². The van der Waals surface area contributed by atoms with E-state index in [1.807, 2.05) is 0 Å². The van der Waals surface area contributed by atoms with Crippen LogP contribution in [0.2, 0.25) is 0 Å². The van der Waals surface area contributed by atoms with Gasteiger partial charge in [0.25, 0.3) is 11.8 Å². The molecule has 0 unspecified atom stereocenters. The number of alkyl halides is 2. The maximum Gasteiger partial charge on any atom is 0.267 e. The molecule has 0 saturated carbocycles. The molecule has 1 aliphatic rings. The zero-order chi connectivity index (χ0) is 16.6. The van der Waals surface area contributed by atoms with E-state index in [-0.39, 0.29) is 23.9 Å². The summed E-state index contributed by atoms with van der Waals surface area (Å²) in [6.07, 6.45) is 0.549. The van der Waals surface area contributed by atoms with Crippen molar-refractivity contribution in [3.05, 3.63) is 29.2 Å². The summed E-state index contributed by atoms with van der Waals surface area (Å²) in [5.74, 6) is -3.47. The molecular formula is C13H14F2N4O4. The summed E-state index contributed by atoms with van der Waals surface area (Å²) in [6, 6.07) is -1.01. The molecule has 0 bridgehead atoms. The molecule has 1 atom stereocenters. The van der Waals surface area contributed by atoms with E-state index in [1.165, 1.54) is 7.11 Å². The second-order valence-corrected chi connectivity index (χ2v) is 5.30. The molecule has 3 rings (SSSR count). The molecule has 2 aromatic heterocycles. The summed E-state index contributed by atoms with van der Waals surface area (Å²) in [5, 5.41) is 7.24. The fourth-order valence-electron chi connectivity index (χ4n) is 2.49. The number of aryl methyl sites for hydroxylation is 1. The molecule has 124 valence electrons. The second kappa shape index (κ2) is 5.69. The van der Waals surface area contributed by atoms with Crippen molar-refractivity contribution in [1.82, 2.24) is 20.2 Å². The summed E-state index contributed by atoms with van der Waals surface area (Å²) in [6.45, 7) is 0.914. The highest BCUT2D eigenvalue weighted by Gasteiger charge is 2.50. The molecule has 1 amide bonds. The SMILES string of the molecule is COCc1noc([C@@H]2CC(F)(F)CN2C(=O)c2conc2C)n1. The van der Waals surface area contributed by atoms with Gasteiger partial charge < -0.3 is 18.7 Å². The van der Waals surface area contributed by atoms with Crippen LogP contribution in [-0.4, -0.2) is 45.7 Å². The first-order valence-electron chi connectivity index (χ1n) is 6.82. The van der Waals surface area contributed by atoms with Gasteiger partial charge in [0.2, 0.25) is 5.89 Å². The minimum absolute atomic E-state index is 0.0447. The first-order valence-corrected chi connectivity index (χ1v) is 6.82.